The Labute approximate surface area is 106 Å². The van der Waals surface area contributed by atoms with E-state index in [1.165, 1.54) is 14.2 Å². The van der Waals surface area contributed by atoms with Gasteiger partial charge in [-0.25, -0.2) is 0 Å². The van der Waals surface area contributed by atoms with E-state index in [2.05, 4.69) is 0 Å². The Hall–Kier alpha value is -1.72. The maximum atomic E-state index is 11.6. The molecule has 0 bridgehead atoms. The fourth-order valence-electron chi connectivity index (χ4n) is 1.38. The van der Waals surface area contributed by atoms with Crippen LogP contribution >= 0.6 is 0 Å². The van der Waals surface area contributed by atoms with Gasteiger partial charge in [-0.15, -0.1) is 0 Å². The summed E-state index contributed by atoms with van der Waals surface area (Å²) in [5, 5.41) is 0. The van der Waals surface area contributed by atoms with Crippen LogP contribution in [0.1, 0.15) is 16.8 Å². The molecule has 0 unspecified atom stereocenters. The Morgan fingerprint density at radius 2 is 1.94 bits per heavy atom. The minimum absolute atomic E-state index is 0.107. The highest BCUT2D eigenvalue weighted by atomic mass is 16.7. The quantitative estimate of drug-likeness (QED) is 0.517. The van der Waals surface area contributed by atoms with Crippen molar-refractivity contribution < 1.29 is 23.8 Å². The van der Waals surface area contributed by atoms with Crippen molar-refractivity contribution in [1.29, 1.82) is 0 Å². The van der Waals surface area contributed by atoms with Gasteiger partial charge in [-0.05, 0) is 12.1 Å². The molecule has 0 radical (unpaired) electrons. The molecular weight excluding hydrogens is 236 g/mol. The molecule has 0 aromatic heterocycles. The molecule has 0 heterocycles. The van der Waals surface area contributed by atoms with Crippen molar-refractivity contribution in [3.63, 3.8) is 0 Å². The summed E-state index contributed by atoms with van der Waals surface area (Å²) < 4.78 is 15.1. The van der Waals surface area contributed by atoms with Crippen LogP contribution in [0.4, 0.5) is 0 Å². The summed E-state index contributed by atoms with van der Waals surface area (Å²) in [6.07, 6.45) is 0.228. The summed E-state index contributed by atoms with van der Waals surface area (Å²) in [6, 6.07) is 6.73. The molecule has 0 N–H and O–H groups in total. The van der Waals surface area contributed by atoms with Crippen molar-refractivity contribution in [2.75, 3.05) is 20.8 Å². The normalized spacial score (nSPS) is 10.4. The molecule has 0 spiro atoms. The van der Waals surface area contributed by atoms with Gasteiger partial charge < -0.3 is 14.2 Å². The summed E-state index contributed by atoms with van der Waals surface area (Å²) in [7, 11) is 2.92. The largest absolute Gasteiger partial charge is 0.485 e. The molecule has 0 saturated carbocycles. The third-order valence-electron chi connectivity index (χ3n) is 2.35. The van der Waals surface area contributed by atoms with E-state index in [1.807, 2.05) is 0 Å². The highest BCUT2D eigenvalue weighted by molar-refractivity contribution is 5.82. The highest BCUT2D eigenvalue weighted by Gasteiger charge is 2.13. The van der Waals surface area contributed by atoms with E-state index in [4.69, 9.17) is 14.2 Å². The number of ketones is 1. The molecule has 0 amide bonds. The Morgan fingerprint density at radius 1 is 1.28 bits per heavy atom. The Kier molecular flexibility index (Phi) is 6.04. The van der Waals surface area contributed by atoms with Crippen molar-refractivity contribution >= 4 is 12.1 Å². The third kappa shape index (κ3) is 4.27. The first-order valence-electron chi connectivity index (χ1n) is 5.45. The fraction of sp³-hybridized carbons (Fsp3) is 0.385. The summed E-state index contributed by atoms with van der Waals surface area (Å²) >= 11 is 0. The first kappa shape index (κ1) is 14.3. The van der Waals surface area contributed by atoms with Crippen LogP contribution in [-0.2, 0) is 14.3 Å². The lowest BCUT2D eigenvalue weighted by atomic mass is 10.2. The summed E-state index contributed by atoms with van der Waals surface area (Å²) in [5.74, 6) is 0.233. The van der Waals surface area contributed by atoms with Gasteiger partial charge in [-0.1, -0.05) is 12.1 Å². The first-order chi connectivity index (χ1) is 8.71. The van der Waals surface area contributed by atoms with Crippen LogP contribution in [0, 0.1) is 0 Å². The number of Topliss-reactive ketones (excluding diaryl/α,β-unsaturated/α-hetero) is 1. The van der Waals surface area contributed by atoms with Crippen molar-refractivity contribution in [2.24, 2.45) is 0 Å². The topological polar surface area (TPSA) is 61.8 Å². The van der Waals surface area contributed by atoms with E-state index in [1.54, 1.807) is 24.3 Å². The van der Waals surface area contributed by atoms with Gasteiger partial charge in [0.05, 0.1) is 12.0 Å². The lowest BCUT2D eigenvalue weighted by Crippen LogP contribution is -2.22. The van der Waals surface area contributed by atoms with Crippen LogP contribution in [-0.4, -0.2) is 39.2 Å². The minimum Gasteiger partial charge on any atom is -0.485 e. The number of methoxy groups -OCH3 is 2. The average Bonchev–Trinajstić information content (AvgIpc) is 2.42. The number of rotatable bonds is 8. The zero-order valence-corrected chi connectivity index (χ0v) is 10.4. The van der Waals surface area contributed by atoms with Crippen LogP contribution in [0.5, 0.6) is 5.75 Å². The zero-order valence-electron chi connectivity index (χ0n) is 10.4. The van der Waals surface area contributed by atoms with Crippen LogP contribution in [0.3, 0.4) is 0 Å². The first-order valence-corrected chi connectivity index (χ1v) is 5.45. The van der Waals surface area contributed by atoms with E-state index in [-0.39, 0.29) is 18.8 Å². The minimum atomic E-state index is -0.567. The van der Waals surface area contributed by atoms with Gasteiger partial charge in [0.2, 0.25) is 0 Å². The van der Waals surface area contributed by atoms with Crippen LogP contribution < -0.4 is 4.74 Å². The molecular formula is C13H16O5. The number of carbonyl (C=O) groups excluding carboxylic acids is 2. The predicted octanol–water partition coefficient (Wildman–Crippen LogP) is 1.46. The molecule has 0 aliphatic rings. The smallest absolute Gasteiger partial charge is 0.175 e. The average molecular weight is 252 g/mol. The molecule has 1 aromatic carbocycles. The summed E-state index contributed by atoms with van der Waals surface area (Å²) in [4.78, 5) is 22.3. The molecule has 1 rings (SSSR count). The third-order valence-corrected chi connectivity index (χ3v) is 2.35. The lowest BCUT2D eigenvalue weighted by Gasteiger charge is -2.13. The molecule has 0 atom stereocenters. The monoisotopic (exact) mass is 252 g/mol. The number of para-hydroxylation sites is 1. The standard InChI is InChI=1S/C13H16O5/c1-16-13(17-2)7-11(15)9-18-12-6-4-3-5-10(12)8-14/h3-6,8,13H,7,9H2,1-2H3. The van der Waals surface area contributed by atoms with Crippen molar-refractivity contribution in [1.82, 2.24) is 0 Å². The van der Waals surface area contributed by atoms with E-state index in [0.29, 0.717) is 17.6 Å². The molecule has 18 heavy (non-hydrogen) atoms. The summed E-state index contributed by atoms with van der Waals surface area (Å²) in [5.41, 5.74) is 0.417. The maximum absolute atomic E-state index is 11.6. The Bertz CT molecular complexity index is 398. The molecule has 98 valence electrons. The SMILES string of the molecule is COC(CC(=O)COc1ccccc1C=O)OC. The molecule has 5 nitrogen and oxygen atoms in total. The number of ether oxygens (including phenoxy) is 3. The van der Waals surface area contributed by atoms with Crippen LogP contribution in [0.25, 0.3) is 0 Å². The molecule has 0 aliphatic heterocycles. The van der Waals surface area contributed by atoms with Gasteiger partial charge in [-0.2, -0.15) is 0 Å². The molecule has 0 fully saturated rings. The Balaban J connectivity index is 2.49. The molecule has 0 saturated heterocycles. The second-order valence-electron chi connectivity index (χ2n) is 3.59. The van der Waals surface area contributed by atoms with E-state index in [0.717, 1.165) is 0 Å². The van der Waals surface area contributed by atoms with Gasteiger partial charge in [0.15, 0.2) is 18.4 Å². The summed E-state index contributed by atoms with van der Waals surface area (Å²) in [6.45, 7) is -0.117. The zero-order chi connectivity index (χ0) is 13.4. The second-order valence-corrected chi connectivity index (χ2v) is 3.59. The number of carbonyl (C=O) groups is 2. The number of hydrogen-bond acceptors (Lipinski definition) is 5. The predicted molar refractivity (Wildman–Crippen MR) is 64.8 cm³/mol. The van der Waals surface area contributed by atoms with Crippen molar-refractivity contribution in [2.45, 2.75) is 12.7 Å². The maximum Gasteiger partial charge on any atom is 0.175 e. The van der Waals surface area contributed by atoms with E-state index in [9.17, 15) is 9.59 Å². The van der Waals surface area contributed by atoms with Gasteiger partial charge >= 0.3 is 0 Å². The molecule has 1 aromatic rings. The second kappa shape index (κ2) is 7.58. The fourth-order valence-corrected chi connectivity index (χ4v) is 1.38. The number of hydrogen-bond donors (Lipinski definition) is 0. The Morgan fingerprint density at radius 3 is 2.56 bits per heavy atom. The molecule has 0 aliphatic carbocycles. The van der Waals surface area contributed by atoms with Crippen LogP contribution in [0.2, 0.25) is 0 Å². The van der Waals surface area contributed by atoms with Crippen LogP contribution in [0.15, 0.2) is 24.3 Å². The number of aldehydes is 1. The van der Waals surface area contributed by atoms with Gasteiger partial charge in [0.25, 0.3) is 0 Å². The van der Waals surface area contributed by atoms with Gasteiger partial charge in [0.1, 0.15) is 12.4 Å². The van der Waals surface area contributed by atoms with E-state index >= 15 is 0 Å². The van der Waals surface area contributed by atoms with E-state index < -0.39 is 6.29 Å². The van der Waals surface area contributed by atoms with Gasteiger partial charge in [0, 0.05) is 14.2 Å². The van der Waals surface area contributed by atoms with Crippen molar-refractivity contribution in [3.05, 3.63) is 29.8 Å². The van der Waals surface area contributed by atoms with Crippen molar-refractivity contribution in [3.8, 4) is 5.75 Å². The number of benzene rings is 1. The lowest BCUT2D eigenvalue weighted by molar-refractivity contribution is -0.139. The molecule has 5 heteroatoms. The highest BCUT2D eigenvalue weighted by Crippen LogP contribution is 2.15. The van der Waals surface area contributed by atoms with Gasteiger partial charge in [-0.3, -0.25) is 9.59 Å².